The molecule has 0 spiro atoms. The van der Waals surface area contributed by atoms with Crippen LogP contribution in [0.1, 0.15) is 53.7 Å². The van der Waals surface area contributed by atoms with Crippen molar-refractivity contribution in [3.63, 3.8) is 0 Å². The number of aromatic nitrogens is 2. The van der Waals surface area contributed by atoms with Gasteiger partial charge in [0, 0.05) is 30.0 Å². The molecule has 0 saturated carbocycles. The lowest BCUT2D eigenvalue weighted by Crippen LogP contribution is -2.39. The van der Waals surface area contributed by atoms with E-state index in [4.69, 9.17) is 15.2 Å². The van der Waals surface area contributed by atoms with Crippen LogP contribution < -0.4 is 20.3 Å². The minimum absolute atomic E-state index is 0.0879. The molecular formula is C30H38N6O5. The van der Waals surface area contributed by atoms with Crippen LogP contribution in [0.5, 0.6) is 5.75 Å². The molecule has 1 aliphatic heterocycles. The Hall–Kier alpha value is -4.38. The zero-order valence-corrected chi connectivity index (χ0v) is 24.5. The van der Waals surface area contributed by atoms with Crippen LogP contribution in [0.25, 0.3) is 5.69 Å². The molecule has 2 heterocycles. The second kappa shape index (κ2) is 12.0. The van der Waals surface area contributed by atoms with Crippen molar-refractivity contribution < 1.29 is 23.9 Å². The third-order valence-corrected chi connectivity index (χ3v) is 6.64. The van der Waals surface area contributed by atoms with E-state index < -0.39 is 17.6 Å². The molecule has 0 saturated heterocycles. The summed E-state index contributed by atoms with van der Waals surface area (Å²) in [5.41, 5.74) is 7.83. The van der Waals surface area contributed by atoms with Gasteiger partial charge in [-0.2, -0.15) is 5.10 Å². The lowest BCUT2D eigenvalue weighted by atomic mass is 10.0. The van der Waals surface area contributed by atoms with Crippen molar-refractivity contribution in [2.45, 2.75) is 39.2 Å². The van der Waals surface area contributed by atoms with Crippen molar-refractivity contribution in [3.8, 4) is 11.4 Å². The molecule has 11 heteroatoms. The highest BCUT2D eigenvalue weighted by Gasteiger charge is 2.34. The molecule has 0 aliphatic carbocycles. The molecule has 218 valence electrons. The van der Waals surface area contributed by atoms with Crippen LogP contribution in [0.2, 0.25) is 0 Å². The number of rotatable bonds is 9. The molecule has 0 bridgehead atoms. The zero-order valence-electron chi connectivity index (χ0n) is 24.5. The van der Waals surface area contributed by atoms with Crippen LogP contribution in [-0.2, 0) is 11.2 Å². The van der Waals surface area contributed by atoms with E-state index in [9.17, 15) is 14.4 Å². The quantitative estimate of drug-likeness (QED) is 0.420. The maximum absolute atomic E-state index is 13.9. The van der Waals surface area contributed by atoms with Gasteiger partial charge in [-0.3, -0.25) is 14.5 Å². The number of nitrogens with two attached hydrogens (primary N) is 1. The average molecular weight is 563 g/mol. The number of hydrogen-bond donors (Lipinski definition) is 1. The highest BCUT2D eigenvalue weighted by molar-refractivity contribution is 6.09. The summed E-state index contributed by atoms with van der Waals surface area (Å²) in [4.78, 5) is 44.4. The minimum Gasteiger partial charge on any atom is -0.497 e. The maximum atomic E-state index is 13.9. The van der Waals surface area contributed by atoms with Gasteiger partial charge in [0.1, 0.15) is 17.0 Å². The Bertz CT molecular complexity index is 1410. The van der Waals surface area contributed by atoms with Crippen LogP contribution in [0.15, 0.2) is 48.5 Å². The molecule has 0 atom stereocenters. The molecule has 1 aromatic heterocycles. The predicted octanol–water partition coefficient (Wildman–Crippen LogP) is 3.88. The zero-order chi connectivity index (χ0) is 29.9. The summed E-state index contributed by atoms with van der Waals surface area (Å²) in [6.07, 6.45) is 0.746. The normalized spacial score (nSPS) is 13.2. The number of ether oxygens (including phenoxy) is 2. The molecule has 3 amide bonds. The standard InChI is InChI=1S/C30H38N6O5/c1-30(2,3)41-29(39)35(18-7-17-33(4)5)21-10-8-20(9-11-21)34-19-16-24-25(27(31)37)32-36(26(24)28(34)38)22-12-14-23(40-6)15-13-22/h8-15H,7,16-19H2,1-6H3,(H2,31,37). The van der Waals surface area contributed by atoms with Crippen LogP contribution in [0, 0.1) is 0 Å². The van der Waals surface area contributed by atoms with E-state index >= 15 is 0 Å². The van der Waals surface area contributed by atoms with Gasteiger partial charge in [0.25, 0.3) is 11.8 Å². The van der Waals surface area contributed by atoms with Crippen LogP contribution in [0.4, 0.5) is 16.2 Å². The van der Waals surface area contributed by atoms with Crippen molar-refractivity contribution in [2.24, 2.45) is 5.73 Å². The Morgan fingerprint density at radius 3 is 2.20 bits per heavy atom. The summed E-state index contributed by atoms with van der Waals surface area (Å²) in [5.74, 6) is -0.333. The molecule has 2 N–H and O–H groups in total. The first-order valence-electron chi connectivity index (χ1n) is 13.5. The fraction of sp³-hybridized carbons (Fsp3) is 0.400. The first-order valence-corrected chi connectivity index (χ1v) is 13.5. The van der Waals surface area contributed by atoms with E-state index in [0.29, 0.717) is 53.6 Å². The number of methoxy groups -OCH3 is 1. The number of primary amides is 1. The van der Waals surface area contributed by atoms with E-state index in [-0.39, 0.29) is 11.6 Å². The van der Waals surface area contributed by atoms with Gasteiger partial charge in [0.05, 0.1) is 12.8 Å². The van der Waals surface area contributed by atoms with Crippen molar-refractivity contribution in [2.75, 3.05) is 50.6 Å². The number of carbonyl (C=O) groups is 3. The minimum atomic E-state index is -0.685. The van der Waals surface area contributed by atoms with Gasteiger partial charge in [-0.1, -0.05) is 0 Å². The van der Waals surface area contributed by atoms with Crippen LogP contribution >= 0.6 is 0 Å². The van der Waals surface area contributed by atoms with Gasteiger partial charge in [-0.25, -0.2) is 9.48 Å². The summed E-state index contributed by atoms with van der Waals surface area (Å²) in [6, 6.07) is 14.3. The fourth-order valence-electron chi connectivity index (χ4n) is 4.71. The van der Waals surface area contributed by atoms with Gasteiger partial charge in [0.2, 0.25) is 0 Å². The lowest BCUT2D eigenvalue weighted by Gasteiger charge is -2.30. The largest absolute Gasteiger partial charge is 0.497 e. The van der Waals surface area contributed by atoms with Gasteiger partial charge < -0.3 is 25.0 Å². The van der Waals surface area contributed by atoms with Crippen molar-refractivity contribution in [1.82, 2.24) is 14.7 Å². The number of hydrogen-bond acceptors (Lipinski definition) is 7. The molecule has 2 aromatic carbocycles. The van der Waals surface area contributed by atoms with E-state index in [2.05, 4.69) is 10.00 Å². The third kappa shape index (κ3) is 6.68. The fourth-order valence-corrected chi connectivity index (χ4v) is 4.71. The molecule has 0 fully saturated rings. The number of nitrogens with zero attached hydrogens (tertiary/aromatic N) is 5. The molecule has 3 aromatic rings. The van der Waals surface area contributed by atoms with E-state index in [1.807, 2.05) is 59.1 Å². The molecule has 0 radical (unpaired) electrons. The topological polar surface area (TPSA) is 123 Å². The van der Waals surface area contributed by atoms with Gasteiger partial charge in [-0.15, -0.1) is 0 Å². The number of benzene rings is 2. The average Bonchev–Trinajstić information content (AvgIpc) is 3.31. The van der Waals surface area contributed by atoms with Gasteiger partial charge in [-0.05, 0) is 103 Å². The Morgan fingerprint density at radius 2 is 1.63 bits per heavy atom. The highest BCUT2D eigenvalue weighted by Crippen LogP contribution is 2.31. The SMILES string of the molecule is COc1ccc(-n2nc(C(N)=O)c3c2C(=O)N(c2ccc(N(CCCN(C)C)C(=O)OC(C)(C)C)cc2)CC3)cc1. The summed E-state index contributed by atoms with van der Waals surface area (Å²) in [6.45, 7) is 7.15. The van der Waals surface area contributed by atoms with Crippen LogP contribution in [0.3, 0.4) is 0 Å². The van der Waals surface area contributed by atoms with E-state index in [0.717, 1.165) is 13.0 Å². The van der Waals surface area contributed by atoms with Gasteiger partial charge >= 0.3 is 6.09 Å². The van der Waals surface area contributed by atoms with E-state index in [1.54, 1.807) is 41.2 Å². The molecule has 1 aliphatic rings. The van der Waals surface area contributed by atoms with E-state index in [1.165, 1.54) is 4.68 Å². The molecule has 41 heavy (non-hydrogen) atoms. The summed E-state index contributed by atoms with van der Waals surface area (Å²) < 4.78 is 12.4. The monoisotopic (exact) mass is 562 g/mol. The number of carbonyl (C=O) groups excluding carboxylic acids is 3. The van der Waals surface area contributed by atoms with Crippen molar-refractivity contribution >= 4 is 29.3 Å². The Morgan fingerprint density at radius 1 is 1.00 bits per heavy atom. The lowest BCUT2D eigenvalue weighted by molar-refractivity contribution is 0.0579. The number of fused-ring (bicyclic) bond motifs is 1. The molecular weight excluding hydrogens is 524 g/mol. The molecule has 0 unspecified atom stereocenters. The Labute approximate surface area is 240 Å². The number of anilines is 2. The van der Waals surface area contributed by atoms with Crippen LogP contribution in [-0.4, -0.2) is 79.0 Å². The predicted molar refractivity (Wildman–Crippen MR) is 157 cm³/mol. The first-order chi connectivity index (χ1) is 19.4. The second-order valence-corrected chi connectivity index (χ2v) is 11.2. The summed E-state index contributed by atoms with van der Waals surface area (Å²) in [7, 11) is 5.54. The number of amides is 3. The highest BCUT2D eigenvalue weighted by atomic mass is 16.6. The first kappa shape index (κ1) is 29.6. The Balaban J connectivity index is 1.64. The van der Waals surface area contributed by atoms with Crippen molar-refractivity contribution in [1.29, 1.82) is 0 Å². The smallest absolute Gasteiger partial charge is 0.414 e. The molecule has 4 rings (SSSR count). The Kier molecular flexibility index (Phi) is 8.67. The second-order valence-electron chi connectivity index (χ2n) is 11.2. The summed E-state index contributed by atoms with van der Waals surface area (Å²) >= 11 is 0. The third-order valence-electron chi connectivity index (χ3n) is 6.64. The van der Waals surface area contributed by atoms with Crippen molar-refractivity contribution in [3.05, 3.63) is 65.5 Å². The molecule has 11 nitrogen and oxygen atoms in total. The maximum Gasteiger partial charge on any atom is 0.414 e. The summed E-state index contributed by atoms with van der Waals surface area (Å²) in [5, 5.41) is 4.41. The van der Waals surface area contributed by atoms with Gasteiger partial charge in [0.15, 0.2) is 5.69 Å².